The summed E-state index contributed by atoms with van der Waals surface area (Å²) in [5, 5.41) is 0. The van der Waals surface area contributed by atoms with E-state index in [9.17, 15) is 4.79 Å². The number of nitrogens with zero attached hydrogens (tertiary/aromatic N) is 2. The van der Waals surface area contributed by atoms with Crippen LogP contribution >= 0.6 is 0 Å². The highest BCUT2D eigenvalue weighted by molar-refractivity contribution is 5.76. The van der Waals surface area contributed by atoms with E-state index in [1.807, 2.05) is 12.4 Å². The maximum Gasteiger partial charge on any atom is 0.222 e. The van der Waals surface area contributed by atoms with Crippen molar-refractivity contribution in [2.24, 2.45) is 0 Å². The molecular weight excluding hydrogens is 260 g/mol. The van der Waals surface area contributed by atoms with E-state index < -0.39 is 0 Å². The Kier molecular flexibility index (Phi) is 9.51. The van der Waals surface area contributed by atoms with E-state index in [2.05, 4.69) is 35.9 Å². The van der Waals surface area contributed by atoms with Crippen LogP contribution in [0.3, 0.4) is 0 Å². The molecule has 3 heteroatoms. The number of pyridine rings is 1. The van der Waals surface area contributed by atoms with Crippen LogP contribution in [0.4, 0.5) is 0 Å². The molecule has 1 rings (SSSR count). The Labute approximate surface area is 129 Å². The number of carbonyl (C=O) groups excluding carboxylic acids is 1. The molecule has 3 nitrogen and oxygen atoms in total. The number of amides is 1. The molecule has 1 heterocycles. The largest absolute Gasteiger partial charge is 0.343 e. The molecule has 0 spiro atoms. The van der Waals surface area contributed by atoms with E-state index in [1.54, 1.807) is 0 Å². The first-order valence-corrected chi connectivity index (χ1v) is 8.44. The van der Waals surface area contributed by atoms with Gasteiger partial charge in [0.15, 0.2) is 0 Å². The molecule has 118 valence electrons. The fourth-order valence-electron chi connectivity index (χ4n) is 2.37. The second kappa shape index (κ2) is 11.3. The Hall–Kier alpha value is -1.38. The predicted molar refractivity (Wildman–Crippen MR) is 88.2 cm³/mol. The Morgan fingerprint density at radius 3 is 2.19 bits per heavy atom. The lowest BCUT2D eigenvalue weighted by Gasteiger charge is -2.22. The molecule has 0 aliphatic heterocycles. The van der Waals surface area contributed by atoms with Gasteiger partial charge < -0.3 is 4.90 Å². The molecule has 1 aromatic heterocycles. The van der Waals surface area contributed by atoms with E-state index >= 15 is 0 Å². The molecule has 0 saturated heterocycles. The molecule has 1 amide bonds. The van der Waals surface area contributed by atoms with Gasteiger partial charge in [-0.1, -0.05) is 26.7 Å². The molecule has 21 heavy (non-hydrogen) atoms. The average Bonchev–Trinajstić information content (AvgIpc) is 2.52. The van der Waals surface area contributed by atoms with Crippen molar-refractivity contribution in [3.8, 4) is 0 Å². The third kappa shape index (κ3) is 7.84. The lowest BCUT2D eigenvalue weighted by Crippen LogP contribution is -2.32. The molecule has 0 unspecified atom stereocenters. The lowest BCUT2D eigenvalue weighted by molar-refractivity contribution is -0.131. The Morgan fingerprint density at radius 2 is 1.62 bits per heavy atom. The van der Waals surface area contributed by atoms with Gasteiger partial charge in [-0.15, -0.1) is 0 Å². The molecule has 0 N–H and O–H groups in total. The number of rotatable bonds is 11. The van der Waals surface area contributed by atoms with Crippen LogP contribution in [0.1, 0.15) is 64.4 Å². The van der Waals surface area contributed by atoms with Crippen LogP contribution in [-0.2, 0) is 11.2 Å². The second-order valence-electron chi connectivity index (χ2n) is 5.65. The average molecular weight is 290 g/mol. The summed E-state index contributed by atoms with van der Waals surface area (Å²) in [7, 11) is 0. The van der Waals surface area contributed by atoms with Crippen molar-refractivity contribution in [2.45, 2.75) is 65.2 Å². The van der Waals surface area contributed by atoms with Crippen molar-refractivity contribution < 1.29 is 4.79 Å². The predicted octanol–water partition coefficient (Wildman–Crippen LogP) is 4.22. The van der Waals surface area contributed by atoms with Crippen LogP contribution in [0.2, 0.25) is 0 Å². The first-order valence-electron chi connectivity index (χ1n) is 8.44. The van der Waals surface area contributed by atoms with Gasteiger partial charge in [0, 0.05) is 31.9 Å². The molecule has 0 aliphatic rings. The third-order valence-corrected chi connectivity index (χ3v) is 3.77. The highest BCUT2D eigenvalue weighted by Gasteiger charge is 2.11. The van der Waals surface area contributed by atoms with Crippen LogP contribution in [0.25, 0.3) is 0 Å². The smallest absolute Gasteiger partial charge is 0.222 e. The molecule has 0 aromatic carbocycles. The second-order valence-corrected chi connectivity index (χ2v) is 5.65. The fourth-order valence-corrected chi connectivity index (χ4v) is 2.37. The van der Waals surface area contributed by atoms with Gasteiger partial charge in [0.1, 0.15) is 0 Å². The van der Waals surface area contributed by atoms with Gasteiger partial charge in [-0.2, -0.15) is 0 Å². The van der Waals surface area contributed by atoms with Crippen molar-refractivity contribution >= 4 is 5.91 Å². The molecule has 0 fully saturated rings. The molecular formula is C18H30N2O. The number of aryl methyl sites for hydroxylation is 1. The monoisotopic (exact) mass is 290 g/mol. The van der Waals surface area contributed by atoms with Crippen LogP contribution in [0.5, 0.6) is 0 Å². The van der Waals surface area contributed by atoms with Crippen LogP contribution in [0, 0.1) is 0 Å². The van der Waals surface area contributed by atoms with E-state index in [4.69, 9.17) is 0 Å². The summed E-state index contributed by atoms with van der Waals surface area (Å²) in [6.07, 6.45) is 12.0. The maximum absolute atomic E-state index is 12.3. The number of carbonyl (C=O) groups is 1. The van der Waals surface area contributed by atoms with Crippen molar-refractivity contribution in [3.05, 3.63) is 30.1 Å². The highest BCUT2D eigenvalue weighted by Crippen LogP contribution is 2.08. The van der Waals surface area contributed by atoms with Gasteiger partial charge in [-0.25, -0.2) is 0 Å². The highest BCUT2D eigenvalue weighted by atomic mass is 16.2. The molecule has 0 bridgehead atoms. The van der Waals surface area contributed by atoms with E-state index in [1.165, 1.54) is 5.56 Å². The summed E-state index contributed by atoms with van der Waals surface area (Å²) in [5.74, 6) is 0.339. The Balaban J connectivity index is 2.25. The first-order chi connectivity index (χ1) is 10.3. The summed E-state index contributed by atoms with van der Waals surface area (Å²) in [4.78, 5) is 18.4. The van der Waals surface area contributed by atoms with Crippen LogP contribution in [-0.4, -0.2) is 28.9 Å². The SMILES string of the molecule is CCCCN(CCCC)C(=O)CCCCc1ccncc1. The standard InChI is InChI=1S/C18H30N2O/c1-3-5-15-20(16-6-4-2)18(21)10-8-7-9-17-11-13-19-14-12-17/h11-14H,3-10,15-16H2,1-2H3. The maximum atomic E-state index is 12.3. The number of hydrogen-bond donors (Lipinski definition) is 0. The van der Waals surface area contributed by atoms with Gasteiger partial charge >= 0.3 is 0 Å². The Morgan fingerprint density at radius 1 is 1.00 bits per heavy atom. The van der Waals surface area contributed by atoms with Gasteiger partial charge in [0.05, 0.1) is 0 Å². The van der Waals surface area contributed by atoms with Crippen LogP contribution in [0.15, 0.2) is 24.5 Å². The van der Waals surface area contributed by atoms with E-state index in [0.29, 0.717) is 12.3 Å². The topological polar surface area (TPSA) is 33.2 Å². The van der Waals surface area contributed by atoms with Crippen LogP contribution < -0.4 is 0 Å². The van der Waals surface area contributed by atoms with Crippen molar-refractivity contribution in [3.63, 3.8) is 0 Å². The van der Waals surface area contributed by atoms with Crippen molar-refractivity contribution in [1.29, 1.82) is 0 Å². The molecule has 0 radical (unpaired) electrons. The summed E-state index contributed by atoms with van der Waals surface area (Å²) in [6, 6.07) is 4.10. The molecule has 1 aromatic rings. The third-order valence-electron chi connectivity index (χ3n) is 3.77. The zero-order valence-corrected chi connectivity index (χ0v) is 13.7. The minimum atomic E-state index is 0.339. The van der Waals surface area contributed by atoms with E-state index in [0.717, 1.165) is 58.0 Å². The summed E-state index contributed by atoms with van der Waals surface area (Å²) in [6.45, 7) is 6.22. The van der Waals surface area contributed by atoms with Crippen molar-refractivity contribution in [2.75, 3.05) is 13.1 Å². The van der Waals surface area contributed by atoms with Gasteiger partial charge in [-0.3, -0.25) is 9.78 Å². The summed E-state index contributed by atoms with van der Waals surface area (Å²) >= 11 is 0. The minimum Gasteiger partial charge on any atom is -0.343 e. The van der Waals surface area contributed by atoms with E-state index in [-0.39, 0.29) is 0 Å². The van der Waals surface area contributed by atoms with Gasteiger partial charge in [0.2, 0.25) is 5.91 Å². The summed E-state index contributed by atoms with van der Waals surface area (Å²) < 4.78 is 0. The Bertz CT molecular complexity index is 370. The summed E-state index contributed by atoms with van der Waals surface area (Å²) in [5.41, 5.74) is 1.31. The molecule has 0 aliphatic carbocycles. The molecule has 0 saturated carbocycles. The number of unbranched alkanes of at least 4 members (excludes halogenated alkanes) is 3. The quantitative estimate of drug-likeness (QED) is 0.572. The number of hydrogen-bond acceptors (Lipinski definition) is 2. The fraction of sp³-hybridized carbons (Fsp3) is 0.667. The minimum absolute atomic E-state index is 0.339. The first kappa shape index (κ1) is 17.7. The number of aromatic nitrogens is 1. The van der Waals surface area contributed by atoms with Crippen molar-refractivity contribution in [1.82, 2.24) is 9.88 Å². The van der Waals surface area contributed by atoms with Gasteiger partial charge in [0.25, 0.3) is 0 Å². The van der Waals surface area contributed by atoms with Gasteiger partial charge in [-0.05, 0) is 49.8 Å². The normalized spacial score (nSPS) is 10.6. The zero-order valence-electron chi connectivity index (χ0n) is 13.7. The molecule has 0 atom stereocenters. The lowest BCUT2D eigenvalue weighted by atomic mass is 10.1. The zero-order chi connectivity index (χ0) is 15.3.